The van der Waals surface area contributed by atoms with Crippen molar-refractivity contribution < 1.29 is 4.79 Å². The normalized spacial score (nSPS) is 20.8. The van der Waals surface area contributed by atoms with Crippen LogP contribution in [0.5, 0.6) is 0 Å². The third-order valence-electron chi connectivity index (χ3n) is 3.98. The topological polar surface area (TPSA) is 35.6 Å². The molecular formula is C14H17BrClN3O. The Bertz CT molecular complexity index is 513. The van der Waals surface area contributed by atoms with Crippen molar-refractivity contribution in [1.29, 1.82) is 0 Å². The first-order valence-corrected chi connectivity index (χ1v) is 8.01. The number of nitrogens with zero attached hydrogens (tertiary/aromatic N) is 2. The van der Waals surface area contributed by atoms with Gasteiger partial charge in [-0.25, -0.2) is 0 Å². The van der Waals surface area contributed by atoms with Crippen LogP contribution in [0, 0.1) is 0 Å². The zero-order chi connectivity index (χ0) is 14.1. The first kappa shape index (κ1) is 14.3. The van der Waals surface area contributed by atoms with Gasteiger partial charge in [-0.15, -0.1) is 0 Å². The molecule has 2 heterocycles. The van der Waals surface area contributed by atoms with E-state index in [4.69, 9.17) is 11.6 Å². The fraction of sp³-hybridized carbons (Fsp3) is 0.500. The van der Waals surface area contributed by atoms with Crippen molar-refractivity contribution in [2.75, 3.05) is 39.3 Å². The summed E-state index contributed by atoms with van der Waals surface area (Å²) in [5.74, 6) is 0.0833. The first-order chi connectivity index (χ1) is 9.65. The zero-order valence-electron chi connectivity index (χ0n) is 11.1. The van der Waals surface area contributed by atoms with E-state index >= 15 is 0 Å². The summed E-state index contributed by atoms with van der Waals surface area (Å²) in [6, 6.07) is 5.83. The minimum absolute atomic E-state index is 0.0833. The van der Waals surface area contributed by atoms with Crippen molar-refractivity contribution in [1.82, 2.24) is 15.1 Å². The Hall–Kier alpha value is -0.620. The highest BCUT2D eigenvalue weighted by Gasteiger charge is 2.35. The molecule has 2 fully saturated rings. The number of nitrogens with one attached hydrogen (secondary N) is 1. The van der Waals surface area contributed by atoms with Crippen molar-refractivity contribution in [3.63, 3.8) is 0 Å². The van der Waals surface area contributed by atoms with Crippen molar-refractivity contribution in [2.45, 2.75) is 6.04 Å². The van der Waals surface area contributed by atoms with Gasteiger partial charge in [-0.2, -0.15) is 0 Å². The summed E-state index contributed by atoms with van der Waals surface area (Å²) >= 11 is 9.32. The van der Waals surface area contributed by atoms with Crippen LogP contribution in [0.15, 0.2) is 22.7 Å². The number of rotatable bonds is 2. The van der Waals surface area contributed by atoms with Crippen LogP contribution in [-0.4, -0.2) is 61.0 Å². The van der Waals surface area contributed by atoms with E-state index in [1.165, 1.54) is 0 Å². The Morgan fingerprint density at radius 3 is 2.65 bits per heavy atom. The van der Waals surface area contributed by atoms with Crippen molar-refractivity contribution in [2.24, 2.45) is 0 Å². The van der Waals surface area contributed by atoms with Crippen molar-refractivity contribution in [3.8, 4) is 0 Å². The Kier molecular flexibility index (Phi) is 4.31. The number of hydrogen-bond donors (Lipinski definition) is 1. The molecule has 0 aliphatic carbocycles. The molecule has 1 aromatic carbocycles. The van der Waals surface area contributed by atoms with E-state index in [1.54, 1.807) is 18.2 Å². The highest BCUT2D eigenvalue weighted by Crippen LogP contribution is 2.25. The SMILES string of the molecule is O=C(c1ccc(Cl)cc1Br)N1CC(N2CCNCC2)C1. The molecule has 1 aromatic rings. The highest BCUT2D eigenvalue weighted by atomic mass is 79.9. The molecule has 1 amide bonds. The maximum atomic E-state index is 12.4. The van der Waals surface area contributed by atoms with E-state index in [1.807, 2.05) is 4.90 Å². The van der Waals surface area contributed by atoms with Gasteiger partial charge in [0.05, 0.1) is 5.56 Å². The molecule has 0 spiro atoms. The number of likely N-dealkylation sites (tertiary alicyclic amines) is 1. The Labute approximate surface area is 132 Å². The van der Waals surface area contributed by atoms with Gasteiger partial charge < -0.3 is 10.2 Å². The number of halogens is 2. The number of carbonyl (C=O) groups excluding carboxylic acids is 1. The third-order valence-corrected chi connectivity index (χ3v) is 4.87. The Morgan fingerprint density at radius 2 is 2.00 bits per heavy atom. The molecule has 0 unspecified atom stereocenters. The van der Waals surface area contributed by atoms with Gasteiger partial charge in [-0.1, -0.05) is 11.6 Å². The van der Waals surface area contributed by atoms with Crippen LogP contribution in [0.2, 0.25) is 5.02 Å². The third kappa shape index (κ3) is 2.86. The molecule has 0 atom stereocenters. The molecule has 0 aromatic heterocycles. The van der Waals surface area contributed by atoms with Crippen LogP contribution in [0.1, 0.15) is 10.4 Å². The molecule has 0 saturated carbocycles. The van der Waals surface area contributed by atoms with Gasteiger partial charge in [-0.05, 0) is 34.1 Å². The van der Waals surface area contributed by atoms with Gasteiger partial charge in [0.2, 0.25) is 0 Å². The van der Waals surface area contributed by atoms with Gasteiger partial charge >= 0.3 is 0 Å². The Morgan fingerprint density at radius 1 is 1.30 bits per heavy atom. The smallest absolute Gasteiger partial charge is 0.255 e. The van der Waals surface area contributed by atoms with E-state index in [2.05, 4.69) is 26.1 Å². The summed E-state index contributed by atoms with van der Waals surface area (Å²) in [6.45, 7) is 5.91. The number of carbonyl (C=O) groups is 1. The summed E-state index contributed by atoms with van der Waals surface area (Å²) in [7, 11) is 0. The maximum absolute atomic E-state index is 12.4. The number of hydrogen-bond acceptors (Lipinski definition) is 3. The average molecular weight is 359 g/mol. The number of amides is 1. The molecule has 2 aliphatic heterocycles. The van der Waals surface area contributed by atoms with Crippen LogP contribution in [0.4, 0.5) is 0 Å². The van der Waals surface area contributed by atoms with E-state index in [0.717, 1.165) is 43.7 Å². The second kappa shape index (κ2) is 6.02. The predicted octanol–water partition coefficient (Wildman–Crippen LogP) is 1.83. The average Bonchev–Trinajstić information content (AvgIpc) is 2.38. The van der Waals surface area contributed by atoms with Crippen LogP contribution in [0.3, 0.4) is 0 Å². The van der Waals surface area contributed by atoms with E-state index < -0.39 is 0 Å². The fourth-order valence-electron chi connectivity index (χ4n) is 2.73. The lowest BCUT2D eigenvalue weighted by atomic mass is 10.0. The number of benzene rings is 1. The molecule has 6 heteroatoms. The molecule has 0 bridgehead atoms. The van der Waals surface area contributed by atoms with Crippen LogP contribution in [0.25, 0.3) is 0 Å². The zero-order valence-corrected chi connectivity index (χ0v) is 13.5. The molecule has 2 aliphatic rings. The molecule has 1 N–H and O–H groups in total. The quantitative estimate of drug-likeness (QED) is 0.876. The summed E-state index contributed by atoms with van der Waals surface area (Å²) in [5.41, 5.74) is 0.688. The first-order valence-electron chi connectivity index (χ1n) is 6.84. The largest absolute Gasteiger partial charge is 0.335 e. The fourth-order valence-corrected chi connectivity index (χ4v) is 3.58. The summed E-state index contributed by atoms with van der Waals surface area (Å²) in [4.78, 5) is 16.8. The van der Waals surface area contributed by atoms with E-state index in [0.29, 0.717) is 16.6 Å². The lowest BCUT2D eigenvalue weighted by molar-refractivity contribution is 0.0226. The second-order valence-corrected chi connectivity index (χ2v) is 6.56. The molecule has 0 radical (unpaired) electrons. The lowest BCUT2D eigenvalue weighted by Gasteiger charge is -2.46. The molecular weight excluding hydrogens is 342 g/mol. The minimum Gasteiger partial charge on any atom is -0.335 e. The van der Waals surface area contributed by atoms with Gasteiger partial charge in [-0.3, -0.25) is 9.69 Å². The minimum atomic E-state index is 0.0833. The van der Waals surface area contributed by atoms with Gasteiger partial charge in [0.15, 0.2) is 0 Å². The van der Waals surface area contributed by atoms with Crippen LogP contribution < -0.4 is 5.32 Å². The molecule has 20 heavy (non-hydrogen) atoms. The van der Waals surface area contributed by atoms with Gasteiger partial charge in [0, 0.05) is 54.8 Å². The molecule has 3 rings (SSSR count). The highest BCUT2D eigenvalue weighted by molar-refractivity contribution is 9.10. The van der Waals surface area contributed by atoms with E-state index in [9.17, 15) is 4.79 Å². The lowest BCUT2D eigenvalue weighted by Crippen LogP contribution is -2.63. The van der Waals surface area contributed by atoms with Crippen LogP contribution in [-0.2, 0) is 0 Å². The molecule has 2 saturated heterocycles. The van der Waals surface area contributed by atoms with Crippen molar-refractivity contribution >= 4 is 33.4 Å². The monoisotopic (exact) mass is 357 g/mol. The van der Waals surface area contributed by atoms with Gasteiger partial charge in [0.1, 0.15) is 0 Å². The number of piperazine rings is 1. The predicted molar refractivity (Wildman–Crippen MR) is 83.3 cm³/mol. The standard InChI is InChI=1S/C14H17BrClN3O/c15-13-7-10(16)1-2-12(13)14(20)19-8-11(9-19)18-5-3-17-4-6-18/h1-2,7,11,17H,3-6,8-9H2. The maximum Gasteiger partial charge on any atom is 0.255 e. The summed E-state index contributed by atoms with van der Waals surface area (Å²) < 4.78 is 0.764. The van der Waals surface area contributed by atoms with Crippen LogP contribution >= 0.6 is 27.5 Å². The Balaban J connectivity index is 1.60. The molecule has 108 valence electrons. The molecule has 4 nitrogen and oxygen atoms in total. The van der Waals surface area contributed by atoms with Crippen molar-refractivity contribution in [3.05, 3.63) is 33.3 Å². The second-order valence-electron chi connectivity index (χ2n) is 5.27. The van der Waals surface area contributed by atoms with Gasteiger partial charge in [0.25, 0.3) is 5.91 Å². The summed E-state index contributed by atoms with van der Waals surface area (Å²) in [6.07, 6.45) is 0. The van der Waals surface area contributed by atoms with E-state index in [-0.39, 0.29) is 5.91 Å². The summed E-state index contributed by atoms with van der Waals surface area (Å²) in [5, 5.41) is 3.98.